The number of hydrogen-bond donors (Lipinski definition) is 2. The van der Waals surface area contributed by atoms with E-state index >= 15 is 0 Å². The molecule has 0 aromatic rings. The van der Waals surface area contributed by atoms with Gasteiger partial charge in [-0.2, -0.15) is 0 Å². The summed E-state index contributed by atoms with van der Waals surface area (Å²) in [5.41, 5.74) is 0. The van der Waals surface area contributed by atoms with E-state index in [1.807, 2.05) is 0 Å². The van der Waals surface area contributed by atoms with Crippen LogP contribution >= 0.6 is 0 Å². The van der Waals surface area contributed by atoms with Gasteiger partial charge >= 0.3 is 0 Å². The Hall–Kier alpha value is -0.170. The molecule has 106 valence electrons. The standard InChI is InChI=1S/C12H24N2O3S/c15-18(16,12-5-7-13-8-6-12)14-9-4-11-3-1-2-10-17-11/h11-14H,1-10H2. The Kier molecular flexibility index (Phi) is 5.41. The van der Waals surface area contributed by atoms with Crippen LogP contribution in [0.15, 0.2) is 0 Å². The highest BCUT2D eigenvalue weighted by Crippen LogP contribution is 2.16. The Morgan fingerprint density at radius 3 is 2.61 bits per heavy atom. The average Bonchev–Trinajstić information content (AvgIpc) is 2.41. The molecule has 18 heavy (non-hydrogen) atoms. The summed E-state index contributed by atoms with van der Waals surface area (Å²) in [6.07, 6.45) is 5.88. The predicted octanol–water partition coefficient (Wildman–Crippen LogP) is 0.617. The molecule has 2 fully saturated rings. The monoisotopic (exact) mass is 276 g/mol. The third kappa shape index (κ3) is 4.19. The number of piperidine rings is 1. The quantitative estimate of drug-likeness (QED) is 0.772. The lowest BCUT2D eigenvalue weighted by atomic mass is 10.1. The summed E-state index contributed by atoms with van der Waals surface area (Å²) in [7, 11) is -3.13. The fraction of sp³-hybridized carbons (Fsp3) is 1.00. The molecule has 5 nitrogen and oxygen atoms in total. The Morgan fingerprint density at radius 2 is 1.94 bits per heavy atom. The molecule has 2 N–H and O–H groups in total. The van der Waals surface area contributed by atoms with Gasteiger partial charge < -0.3 is 10.1 Å². The van der Waals surface area contributed by atoms with Crippen LogP contribution in [0.5, 0.6) is 0 Å². The average molecular weight is 276 g/mol. The lowest BCUT2D eigenvalue weighted by Crippen LogP contribution is -2.42. The summed E-state index contributed by atoms with van der Waals surface area (Å²) in [6, 6.07) is 0. The van der Waals surface area contributed by atoms with Crippen LogP contribution < -0.4 is 10.0 Å². The van der Waals surface area contributed by atoms with E-state index in [-0.39, 0.29) is 11.4 Å². The number of rotatable bonds is 5. The van der Waals surface area contributed by atoms with E-state index in [9.17, 15) is 8.42 Å². The first-order valence-electron chi connectivity index (χ1n) is 6.99. The lowest BCUT2D eigenvalue weighted by molar-refractivity contribution is 0.0123. The third-order valence-corrected chi connectivity index (χ3v) is 5.72. The topological polar surface area (TPSA) is 67.4 Å². The predicted molar refractivity (Wildman–Crippen MR) is 71.0 cm³/mol. The van der Waals surface area contributed by atoms with Gasteiger partial charge in [0.25, 0.3) is 0 Å². The maximum atomic E-state index is 12.0. The second-order valence-corrected chi connectivity index (χ2v) is 7.21. The first-order chi connectivity index (χ1) is 8.68. The molecule has 0 radical (unpaired) electrons. The van der Waals surface area contributed by atoms with Crippen molar-refractivity contribution in [3.8, 4) is 0 Å². The van der Waals surface area contributed by atoms with E-state index in [2.05, 4.69) is 10.0 Å². The van der Waals surface area contributed by atoms with Gasteiger partial charge in [-0.25, -0.2) is 13.1 Å². The smallest absolute Gasteiger partial charge is 0.214 e. The largest absolute Gasteiger partial charge is 0.378 e. The van der Waals surface area contributed by atoms with Gasteiger partial charge in [0.05, 0.1) is 11.4 Å². The molecule has 0 bridgehead atoms. The summed E-state index contributed by atoms with van der Waals surface area (Å²) in [5, 5.41) is 2.97. The Morgan fingerprint density at radius 1 is 1.17 bits per heavy atom. The summed E-state index contributed by atoms with van der Waals surface area (Å²) in [4.78, 5) is 0. The van der Waals surface area contributed by atoms with Crippen molar-refractivity contribution in [1.82, 2.24) is 10.0 Å². The second-order valence-electron chi connectivity index (χ2n) is 5.17. The molecule has 2 heterocycles. The highest BCUT2D eigenvalue weighted by atomic mass is 32.2. The van der Waals surface area contributed by atoms with Gasteiger partial charge in [-0.05, 0) is 51.6 Å². The summed E-state index contributed by atoms with van der Waals surface area (Å²) >= 11 is 0. The van der Waals surface area contributed by atoms with Crippen LogP contribution in [0.25, 0.3) is 0 Å². The Labute approximate surface area is 110 Å². The molecule has 0 aromatic carbocycles. The van der Waals surface area contributed by atoms with Crippen molar-refractivity contribution in [3.63, 3.8) is 0 Å². The highest BCUT2D eigenvalue weighted by molar-refractivity contribution is 7.90. The van der Waals surface area contributed by atoms with Crippen LogP contribution in [-0.4, -0.2) is 46.0 Å². The fourth-order valence-corrected chi connectivity index (χ4v) is 4.12. The third-order valence-electron chi connectivity index (χ3n) is 3.77. The molecule has 0 spiro atoms. The molecule has 2 saturated heterocycles. The zero-order chi connectivity index (χ0) is 12.8. The second kappa shape index (κ2) is 6.84. The van der Waals surface area contributed by atoms with Crippen LogP contribution in [0.2, 0.25) is 0 Å². The zero-order valence-electron chi connectivity index (χ0n) is 10.9. The van der Waals surface area contributed by atoms with Crippen molar-refractivity contribution < 1.29 is 13.2 Å². The van der Waals surface area contributed by atoms with Crippen molar-refractivity contribution in [3.05, 3.63) is 0 Å². The van der Waals surface area contributed by atoms with Crippen molar-refractivity contribution in [2.45, 2.75) is 49.9 Å². The molecule has 2 rings (SSSR count). The molecule has 6 heteroatoms. The minimum Gasteiger partial charge on any atom is -0.378 e. The Balaban J connectivity index is 1.70. The first-order valence-corrected chi connectivity index (χ1v) is 8.54. The van der Waals surface area contributed by atoms with Crippen LogP contribution in [0, 0.1) is 0 Å². The van der Waals surface area contributed by atoms with Crippen LogP contribution in [-0.2, 0) is 14.8 Å². The molecule has 0 saturated carbocycles. The maximum Gasteiger partial charge on any atom is 0.214 e. The molecule has 1 atom stereocenters. The zero-order valence-corrected chi connectivity index (χ0v) is 11.7. The van der Waals surface area contributed by atoms with E-state index in [4.69, 9.17) is 4.74 Å². The molecule has 0 aliphatic carbocycles. The molecule has 0 amide bonds. The minimum atomic E-state index is -3.13. The number of hydrogen-bond acceptors (Lipinski definition) is 4. The first kappa shape index (κ1) is 14.2. The van der Waals surface area contributed by atoms with Crippen molar-refractivity contribution in [2.75, 3.05) is 26.2 Å². The number of sulfonamides is 1. The van der Waals surface area contributed by atoms with Crippen molar-refractivity contribution in [1.29, 1.82) is 0 Å². The van der Waals surface area contributed by atoms with Gasteiger partial charge in [-0.15, -0.1) is 0 Å². The molecular formula is C12H24N2O3S. The molecule has 2 aliphatic rings. The molecule has 1 unspecified atom stereocenters. The number of ether oxygens (including phenoxy) is 1. The van der Waals surface area contributed by atoms with Crippen molar-refractivity contribution >= 4 is 10.0 Å². The Bertz CT molecular complexity index is 333. The van der Waals surface area contributed by atoms with Crippen LogP contribution in [0.3, 0.4) is 0 Å². The fourth-order valence-electron chi connectivity index (χ4n) is 2.62. The highest BCUT2D eigenvalue weighted by Gasteiger charge is 2.26. The van der Waals surface area contributed by atoms with Gasteiger partial charge in [-0.3, -0.25) is 0 Å². The summed E-state index contributed by atoms with van der Waals surface area (Å²) in [5.74, 6) is 0. The molecule has 2 aliphatic heterocycles. The van der Waals surface area contributed by atoms with E-state index in [0.717, 1.165) is 51.8 Å². The minimum absolute atomic E-state index is 0.217. The van der Waals surface area contributed by atoms with Gasteiger partial charge in [0, 0.05) is 13.2 Å². The summed E-state index contributed by atoms with van der Waals surface area (Å²) < 4.78 is 32.4. The lowest BCUT2D eigenvalue weighted by Gasteiger charge is -2.25. The van der Waals surface area contributed by atoms with Gasteiger partial charge in [0.2, 0.25) is 10.0 Å². The molecule has 0 aromatic heterocycles. The van der Waals surface area contributed by atoms with E-state index in [1.165, 1.54) is 6.42 Å². The van der Waals surface area contributed by atoms with E-state index < -0.39 is 10.0 Å². The van der Waals surface area contributed by atoms with Gasteiger partial charge in [-0.1, -0.05) is 0 Å². The molecular weight excluding hydrogens is 252 g/mol. The van der Waals surface area contributed by atoms with E-state index in [0.29, 0.717) is 6.54 Å². The summed E-state index contributed by atoms with van der Waals surface area (Å²) in [6.45, 7) is 2.94. The SMILES string of the molecule is O=S(=O)(NCCC1CCCCO1)C1CCNCC1. The van der Waals surface area contributed by atoms with Crippen molar-refractivity contribution in [2.24, 2.45) is 0 Å². The van der Waals surface area contributed by atoms with E-state index in [1.54, 1.807) is 0 Å². The maximum absolute atomic E-state index is 12.0. The number of nitrogens with one attached hydrogen (secondary N) is 2. The van der Waals surface area contributed by atoms with Crippen LogP contribution in [0.1, 0.15) is 38.5 Å². The van der Waals surface area contributed by atoms with Gasteiger partial charge in [0.1, 0.15) is 0 Å². The van der Waals surface area contributed by atoms with Crippen LogP contribution in [0.4, 0.5) is 0 Å². The normalized spacial score (nSPS) is 27.2. The van der Waals surface area contributed by atoms with Gasteiger partial charge in [0.15, 0.2) is 0 Å².